The summed E-state index contributed by atoms with van der Waals surface area (Å²) >= 11 is 6.09. The van der Waals surface area contributed by atoms with Crippen molar-refractivity contribution in [2.75, 3.05) is 18.0 Å². The minimum absolute atomic E-state index is 0.0160. The van der Waals surface area contributed by atoms with Gasteiger partial charge >= 0.3 is 0 Å². The van der Waals surface area contributed by atoms with E-state index in [1.807, 2.05) is 0 Å². The van der Waals surface area contributed by atoms with Crippen molar-refractivity contribution in [2.24, 2.45) is 5.73 Å². The summed E-state index contributed by atoms with van der Waals surface area (Å²) in [5.41, 5.74) is 6.55. The average Bonchev–Trinajstić information content (AvgIpc) is 2.76. The molecule has 2 N–H and O–H groups in total. The molecule has 1 aliphatic heterocycles. The molecule has 0 aromatic heterocycles. The van der Waals surface area contributed by atoms with Crippen LogP contribution in [0.15, 0.2) is 18.2 Å². The van der Waals surface area contributed by atoms with Gasteiger partial charge in [0.2, 0.25) is 0 Å². The van der Waals surface area contributed by atoms with Gasteiger partial charge in [-0.05, 0) is 18.9 Å². The summed E-state index contributed by atoms with van der Waals surface area (Å²) in [6.07, 6.45) is 2.12. The fourth-order valence-corrected chi connectivity index (χ4v) is 2.52. The van der Waals surface area contributed by atoms with Gasteiger partial charge in [0.15, 0.2) is 0 Å². The standard InChI is InChI=1S/C11H14ClN3O2/c12-10-6-8(15(16)17)3-4-11(10)14-5-1-2-9(14)7-13/h3-4,6,9H,1-2,5,7,13H2. The Bertz CT molecular complexity index is 439. The van der Waals surface area contributed by atoms with Crippen molar-refractivity contribution in [1.29, 1.82) is 0 Å². The lowest BCUT2D eigenvalue weighted by atomic mass is 10.2. The number of benzene rings is 1. The quantitative estimate of drug-likeness (QED) is 0.664. The molecule has 0 bridgehead atoms. The van der Waals surface area contributed by atoms with Crippen molar-refractivity contribution in [3.63, 3.8) is 0 Å². The number of halogens is 1. The molecule has 0 amide bonds. The van der Waals surface area contributed by atoms with E-state index in [4.69, 9.17) is 17.3 Å². The van der Waals surface area contributed by atoms with Crippen molar-refractivity contribution < 1.29 is 4.92 Å². The number of rotatable bonds is 3. The molecule has 1 aromatic rings. The van der Waals surface area contributed by atoms with Crippen LogP contribution >= 0.6 is 11.6 Å². The maximum Gasteiger partial charge on any atom is 0.271 e. The van der Waals surface area contributed by atoms with E-state index in [0.717, 1.165) is 25.1 Å². The van der Waals surface area contributed by atoms with Gasteiger partial charge in [-0.15, -0.1) is 0 Å². The highest BCUT2D eigenvalue weighted by atomic mass is 35.5. The van der Waals surface area contributed by atoms with Gasteiger partial charge in [-0.1, -0.05) is 11.6 Å². The zero-order valence-electron chi connectivity index (χ0n) is 9.30. The molecule has 17 heavy (non-hydrogen) atoms. The fraction of sp³-hybridized carbons (Fsp3) is 0.455. The number of hydrogen-bond acceptors (Lipinski definition) is 4. The predicted molar refractivity (Wildman–Crippen MR) is 67.5 cm³/mol. The van der Waals surface area contributed by atoms with Crippen LogP contribution in [0.2, 0.25) is 5.02 Å². The molecule has 0 radical (unpaired) electrons. The van der Waals surface area contributed by atoms with Crippen LogP contribution in [0, 0.1) is 10.1 Å². The number of nitro benzene ring substituents is 1. The summed E-state index contributed by atoms with van der Waals surface area (Å²) in [5, 5.41) is 11.0. The summed E-state index contributed by atoms with van der Waals surface area (Å²) < 4.78 is 0. The van der Waals surface area contributed by atoms with Crippen LogP contribution in [0.3, 0.4) is 0 Å². The van der Waals surface area contributed by atoms with Crippen LogP contribution in [0.4, 0.5) is 11.4 Å². The number of hydrogen-bond donors (Lipinski definition) is 1. The molecule has 1 heterocycles. The van der Waals surface area contributed by atoms with E-state index in [1.54, 1.807) is 6.07 Å². The molecular weight excluding hydrogens is 242 g/mol. The number of nitrogens with two attached hydrogens (primary N) is 1. The Morgan fingerprint density at radius 3 is 2.94 bits per heavy atom. The SMILES string of the molecule is NCC1CCCN1c1ccc([N+](=O)[O-])cc1Cl. The summed E-state index contributed by atoms with van der Waals surface area (Å²) in [4.78, 5) is 12.3. The third kappa shape index (κ3) is 2.35. The van der Waals surface area contributed by atoms with E-state index in [1.165, 1.54) is 12.1 Å². The van der Waals surface area contributed by atoms with Gasteiger partial charge in [0.05, 0.1) is 15.6 Å². The molecule has 1 saturated heterocycles. The molecule has 1 unspecified atom stereocenters. The van der Waals surface area contributed by atoms with Crippen molar-refractivity contribution in [3.8, 4) is 0 Å². The van der Waals surface area contributed by atoms with Gasteiger partial charge in [-0.25, -0.2) is 0 Å². The minimum Gasteiger partial charge on any atom is -0.366 e. The van der Waals surface area contributed by atoms with Crippen molar-refractivity contribution in [3.05, 3.63) is 33.3 Å². The summed E-state index contributed by atoms with van der Waals surface area (Å²) in [7, 11) is 0. The van der Waals surface area contributed by atoms with Gasteiger partial charge in [0.1, 0.15) is 0 Å². The minimum atomic E-state index is -0.444. The Kier molecular flexibility index (Phi) is 3.49. The molecule has 0 saturated carbocycles. The van der Waals surface area contributed by atoms with Crippen LogP contribution in [0.1, 0.15) is 12.8 Å². The second-order valence-electron chi connectivity index (χ2n) is 4.12. The number of nitrogens with zero attached hydrogens (tertiary/aromatic N) is 2. The maximum atomic E-state index is 10.6. The Hall–Kier alpha value is -1.33. The van der Waals surface area contributed by atoms with Gasteiger partial charge in [-0.2, -0.15) is 0 Å². The molecular formula is C11H14ClN3O2. The maximum absolute atomic E-state index is 10.6. The zero-order valence-corrected chi connectivity index (χ0v) is 10.1. The molecule has 1 fully saturated rings. The molecule has 92 valence electrons. The number of anilines is 1. The van der Waals surface area contributed by atoms with Gasteiger partial charge in [-0.3, -0.25) is 10.1 Å². The van der Waals surface area contributed by atoms with E-state index in [0.29, 0.717) is 11.6 Å². The molecule has 1 aromatic carbocycles. The first-order chi connectivity index (χ1) is 8.13. The van der Waals surface area contributed by atoms with Gasteiger partial charge in [0.25, 0.3) is 5.69 Å². The first-order valence-corrected chi connectivity index (χ1v) is 5.92. The summed E-state index contributed by atoms with van der Waals surface area (Å²) in [6.45, 7) is 1.48. The highest BCUT2D eigenvalue weighted by Crippen LogP contribution is 2.33. The summed E-state index contributed by atoms with van der Waals surface area (Å²) in [5.74, 6) is 0. The Morgan fingerprint density at radius 2 is 2.35 bits per heavy atom. The smallest absolute Gasteiger partial charge is 0.271 e. The van der Waals surface area contributed by atoms with Crippen molar-refractivity contribution in [2.45, 2.75) is 18.9 Å². The monoisotopic (exact) mass is 255 g/mol. The molecule has 0 spiro atoms. The topological polar surface area (TPSA) is 72.4 Å². The fourth-order valence-electron chi connectivity index (χ4n) is 2.24. The Balaban J connectivity index is 2.30. The van der Waals surface area contributed by atoms with E-state index in [2.05, 4.69) is 4.90 Å². The third-order valence-electron chi connectivity index (χ3n) is 3.10. The van der Waals surface area contributed by atoms with E-state index in [9.17, 15) is 10.1 Å². The highest BCUT2D eigenvalue weighted by Gasteiger charge is 2.25. The van der Waals surface area contributed by atoms with E-state index in [-0.39, 0.29) is 11.7 Å². The predicted octanol–water partition coefficient (Wildman–Crippen LogP) is 2.18. The van der Waals surface area contributed by atoms with E-state index < -0.39 is 4.92 Å². The molecule has 1 aliphatic rings. The van der Waals surface area contributed by atoms with Crippen molar-refractivity contribution in [1.82, 2.24) is 0 Å². The lowest BCUT2D eigenvalue weighted by Crippen LogP contribution is -2.35. The summed E-state index contributed by atoms with van der Waals surface area (Å²) in [6, 6.07) is 4.86. The van der Waals surface area contributed by atoms with Gasteiger partial charge < -0.3 is 10.6 Å². The molecule has 5 nitrogen and oxygen atoms in total. The Labute approximate surface area is 104 Å². The van der Waals surface area contributed by atoms with Crippen LogP contribution in [-0.2, 0) is 0 Å². The lowest BCUT2D eigenvalue weighted by Gasteiger charge is -2.26. The molecule has 2 rings (SSSR count). The van der Waals surface area contributed by atoms with Crippen molar-refractivity contribution >= 4 is 23.0 Å². The van der Waals surface area contributed by atoms with E-state index >= 15 is 0 Å². The molecule has 0 aliphatic carbocycles. The molecule has 6 heteroatoms. The lowest BCUT2D eigenvalue weighted by molar-refractivity contribution is -0.384. The number of non-ortho nitro benzene ring substituents is 1. The first-order valence-electron chi connectivity index (χ1n) is 5.54. The third-order valence-corrected chi connectivity index (χ3v) is 3.40. The first kappa shape index (κ1) is 12.1. The number of nitro groups is 1. The normalized spacial score (nSPS) is 19.6. The van der Waals surface area contributed by atoms with Crippen LogP contribution in [0.25, 0.3) is 0 Å². The van der Waals surface area contributed by atoms with Crippen LogP contribution < -0.4 is 10.6 Å². The van der Waals surface area contributed by atoms with Gasteiger partial charge in [0, 0.05) is 31.3 Å². The van der Waals surface area contributed by atoms with Crippen LogP contribution in [0.5, 0.6) is 0 Å². The van der Waals surface area contributed by atoms with Crippen LogP contribution in [-0.4, -0.2) is 24.1 Å². The highest BCUT2D eigenvalue weighted by molar-refractivity contribution is 6.33. The largest absolute Gasteiger partial charge is 0.366 e. The second-order valence-corrected chi connectivity index (χ2v) is 4.53. The zero-order chi connectivity index (χ0) is 12.4. The Morgan fingerprint density at radius 1 is 1.59 bits per heavy atom. The second kappa shape index (κ2) is 4.89. The average molecular weight is 256 g/mol. The molecule has 1 atom stereocenters.